The lowest BCUT2D eigenvalue weighted by atomic mass is 10.1. The summed E-state index contributed by atoms with van der Waals surface area (Å²) in [6, 6.07) is 8.27. The van der Waals surface area contributed by atoms with Gasteiger partial charge in [0, 0.05) is 20.1 Å². The van der Waals surface area contributed by atoms with Gasteiger partial charge in [0.05, 0.1) is 6.61 Å². The van der Waals surface area contributed by atoms with Gasteiger partial charge >= 0.3 is 0 Å². The van der Waals surface area contributed by atoms with Crippen molar-refractivity contribution in [2.75, 3.05) is 12.4 Å². The molecule has 0 spiro atoms. The Kier molecular flexibility index (Phi) is 5.49. The van der Waals surface area contributed by atoms with Crippen LogP contribution in [0.3, 0.4) is 0 Å². The Hall–Kier alpha value is -1.46. The predicted octanol–water partition coefficient (Wildman–Crippen LogP) is 3.50. The first kappa shape index (κ1) is 14.9. The van der Waals surface area contributed by atoms with E-state index in [1.54, 1.807) is 18.4 Å². The van der Waals surface area contributed by atoms with Crippen LogP contribution < -0.4 is 5.32 Å². The highest BCUT2D eigenvalue weighted by Crippen LogP contribution is 2.19. The molecule has 0 saturated carbocycles. The van der Waals surface area contributed by atoms with Gasteiger partial charge in [0.15, 0.2) is 0 Å². The summed E-state index contributed by atoms with van der Waals surface area (Å²) in [6.07, 6.45) is 0.986. The van der Waals surface area contributed by atoms with E-state index in [0.29, 0.717) is 12.5 Å². The molecule has 1 heterocycles. The third-order valence-corrected chi connectivity index (χ3v) is 3.80. The largest absolute Gasteiger partial charge is 0.380 e. The van der Waals surface area contributed by atoms with E-state index in [-0.39, 0.29) is 0 Å². The van der Waals surface area contributed by atoms with E-state index >= 15 is 0 Å². The Balaban J connectivity index is 1.96. The number of benzene rings is 1. The van der Waals surface area contributed by atoms with Crippen LogP contribution in [0.15, 0.2) is 24.3 Å². The first-order chi connectivity index (χ1) is 9.69. The van der Waals surface area contributed by atoms with Crippen molar-refractivity contribution in [1.82, 2.24) is 10.2 Å². The summed E-state index contributed by atoms with van der Waals surface area (Å²) in [5.74, 6) is 0.609. The lowest BCUT2D eigenvalue weighted by Crippen LogP contribution is -2.03. The third-order valence-electron chi connectivity index (χ3n) is 2.90. The summed E-state index contributed by atoms with van der Waals surface area (Å²) < 4.78 is 5.22. The van der Waals surface area contributed by atoms with Crippen LogP contribution in [0.4, 0.5) is 5.13 Å². The van der Waals surface area contributed by atoms with Crippen molar-refractivity contribution in [2.24, 2.45) is 5.92 Å². The summed E-state index contributed by atoms with van der Waals surface area (Å²) in [5.41, 5.74) is 2.43. The number of nitrogens with zero attached hydrogens (tertiary/aromatic N) is 2. The van der Waals surface area contributed by atoms with Crippen molar-refractivity contribution in [3.63, 3.8) is 0 Å². The average molecular weight is 291 g/mol. The Morgan fingerprint density at radius 1 is 1.20 bits per heavy atom. The molecule has 0 radical (unpaired) electrons. The van der Waals surface area contributed by atoms with Gasteiger partial charge in [0.1, 0.15) is 5.01 Å². The summed E-state index contributed by atoms with van der Waals surface area (Å²) in [4.78, 5) is 0. The van der Waals surface area contributed by atoms with Crippen molar-refractivity contribution in [1.29, 1.82) is 0 Å². The molecule has 1 aromatic carbocycles. The van der Waals surface area contributed by atoms with Crippen LogP contribution in [-0.4, -0.2) is 17.3 Å². The topological polar surface area (TPSA) is 47.0 Å². The zero-order valence-electron chi connectivity index (χ0n) is 12.2. The second kappa shape index (κ2) is 7.36. The smallest absolute Gasteiger partial charge is 0.205 e. The van der Waals surface area contributed by atoms with Gasteiger partial charge in [-0.15, -0.1) is 10.2 Å². The van der Waals surface area contributed by atoms with E-state index in [1.807, 2.05) is 12.1 Å². The quantitative estimate of drug-likeness (QED) is 0.848. The average Bonchev–Trinajstić information content (AvgIpc) is 2.85. The zero-order valence-corrected chi connectivity index (χ0v) is 13.0. The minimum absolute atomic E-state index is 0.609. The fraction of sp³-hybridized carbons (Fsp3) is 0.467. The first-order valence-electron chi connectivity index (χ1n) is 6.81. The first-order valence-corrected chi connectivity index (χ1v) is 7.62. The monoisotopic (exact) mass is 291 g/mol. The van der Waals surface area contributed by atoms with Crippen molar-refractivity contribution < 1.29 is 4.74 Å². The molecule has 2 aromatic rings. The second-order valence-electron chi connectivity index (χ2n) is 5.15. The number of methoxy groups -OCH3 is 1. The maximum atomic E-state index is 5.22. The van der Waals surface area contributed by atoms with Gasteiger partial charge in [-0.3, -0.25) is 0 Å². The minimum atomic E-state index is 0.609. The number of aromatic nitrogens is 2. The predicted molar refractivity (Wildman–Crippen MR) is 82.9 cm³/mol. The van der Waals surface area contributed by atoms with Crippen LogP contribution in [0.25, 0.3) is 0 Å². The summed E-state index contributed by atoms with van der Waals surface area (Å²) >= 11 is 1.64. The van der Waals surface area contributed by atoms with E-state index in [1.165, 1.54) is 11.1 Å². The van der Waals surface area contributed by atoms with E-state index in [9.17, 15) is 0 Å². The molecule has 0 aliphatic heterocycles. The van der Waals surface area contributed by atoms with Crippen molar-refractivity contribution in [3.8, 4) is 0 Å². The number of nitrogens with one attached hydrogen (secondary N) is 1. The molecule has 108 valence electrons. The highest BCUT2D eigenvalue weighted by molar-refractivity contribution is 7.15. The Morgan fingerprint density at radius 3 is 2.65 bits per heavy atom. The van der Waals surface area contributed by atoms with Gasteiger partial charge in [-0.25, -0.2) is 0 Å². The van der Waals surface area contributed by atoms with Crippen molar-refractivity contribution in [3.05, 3.63) is 40.4 Å². The minimum Gasteiger partial charge on any atom is -0.380 e. The lowest BCUT2D eigenvalue weighted by Gasteiger charge is -2.08. The molecule has 0 unspecified atom stereocenters. The molecule has 2 rings (SSSR count). The lowest BCUT2D eigenvalue weighted by molar-refractivity contribution is 0.184. The molecule has 1 aromatic heterocycles. The summed E-state index contributed by atoms with van der Waals surface area (Å²) in [5, 5.41) is 13.7. The van der Waals surface area contributed by atoms with Crippen LogP contribution in [0, 0.1) is 5.92 Å². The second-order valence-corrected chi connectivity index (χ2v) is 6.22. The fourth-order valence-corrected chi connectivity index (χ4v) is 2.90. The molecule has 0 aliphatic carbocycles. The fourth-order valence-electron chi connectivity index (χ4n) is 1.95. The van der Waals surface area contributed by atoms with Gasteiger partial charge in [-0.05, 0) is 17.0 Å². The third kappa shape index (κ3) is 4.28. The highest BCUT2D eigenvalue weighted by atomic mass is 32.1. The van der Waals surface area contributed by atoms with Gasteiger partial charge in [0.2, 0.25) is 5.13 Å². The molecule has 20 heavy (non-hydrogen) atoms. The molecule has 0 bridgehead atoms. The molecule has 4 nitrogen and oxygen atoms in total. The number of hydrogen-bond acceptors (Lipinski definition) is 5. The van der Waals surface area contributed by atoms with E-state index < -0.39 is 0 Å². The molecule has 5 heteroatoms. The molecule has 1 N–H and O–H groups in total. The standard InChI is InChI=1S/C15H21N3OS/c1-11(2)8-14-17-18-15(20-14)16-9-12-6-4-5-7-13(12)10-19-3/h4-7,11H,8-10H2,1-3H3,(H,16,18). The van der Waals surface area contributed by atoms with Crippen molar-refractivity contribution in [2.45, 2.75) is 33.4 Å². The normalized spacial score (nSPS) is 11.0. The maximum Gasteiger partial charge on any atom is 0.205 e. The molecule has 0 saturated heterocycles. The number of ether oxygens (including phenoxy) is 1. The van der Waals surface area contributed by atoms with Crippen LogP contribution in [0.2, 0.25) is 0 Å². The molecule has 0 amide bonds. The zero-order chi connectivity index (χ0) is 14.4. The summed E-state index contributed by atoms with van der Waals surface area (Å²) in [6.45, 7) is 5.76. The molecule has 0 atom stereocenters. The molecule has 0 aliphatic rings. The number of hydrogen-bond donors (Lipinski definition) is 1. The Morgan fingerprint density at radius 2 is 1.95 bits per heavy atom. The van der Waals surface area contributed by atoms with Crippen LogP contribution >= 0.6 is 11.3 Å². The van der Waals surface area contributed by atoms with Crippen LogP contribution in [0.1, 0.15) is 30.0 Å². The van der Waals surface area contributed by atoms with Gasteiger partial charge in [-0.2, -0.15) is 0 Å². The maximum absolute atomic E-state index is 5.22. The van der Waals surface area contributed by atoms with Gasteiger partial charge in [0.25, 0.3) is 0 Å². The molecule has 0 fully saturated rings. The summed E-state index contributed by atoms with van der Waals surface area (Å²) in [7, 11) is 1.72. The van der Waals surface area contributed by atoms with Crippen molar-refractivity contribution >= 4 is 16.5 Å². The van der Waals surface area contributed by atoms with E-state index in [0.717, 1.165) is 23.1 Å². The van der Waals surface area contributed by atoms with Gasteiger partial charge < -0.3 is 10.1 Å². The number of rotatable bonds is 7. The van der Waals surface area contributed by atoms with E-state index in [4.69, 9.17) is 4.74 Å². The molecular formula is C15H21N3OS. The Labute approximate surface area is 124 Å². The SMILES string of the molecule is COCc1ccccc1CNc1nnc(CC(C)C)s1. The van der Waals surface area contributed by atoms with E-state index in [2.05, 4.69) is 41.5 Å². The highest BCUT2D eigenvalue weighted by Gasteiger charge is 2.07. The van der Waals surface area contributed by atoms with Crippen LogP contribution in [0.5, 0.6) is 0 Å². The van der Waals surface area contributed by atoms with Crippen LogP contribution in [-0.2, 0) is 24.3 Å². The number of anilines is 1. The molecular weight excluding hydrogens is 270 g/mol. The Bertz CT molecular complexity index is 539. The van der Waals surface area contributed by atoms with Gasteiger partial charge in [-0.1, -0.05) is 49.4 Å².